The molecule has 0 spiro atoms. The van der Waals surface area contributed by atoms with Crippen LogP contribution in [0.1, 0.15) is 73.1 Å². The van der Waals surface area contributed by atoms with E-state index in [0.29, 0.717) is 29.1 Å². The molecule has 22 heavy (non-hydrogen) atoms. The van der Waals surface area contributed by atoms with Gasteiger partial charge in [0.05, 0.1) is 0 Å². The molecule has 2 fully saturated rings. The van der Waals surface area contributed by atoms with Crippen molar-refractivity contribution in [3.8, 4) is 0 Å². The molecule has 0 saturated heterocycles. The van der Waals surface area contributed by atoms with Crippen LogP contribution in [-0.4, -0.2) is 6.29 Å². The third-order valence-corrected chi connectivity index (χ3v) is 6.68. The first-order valence-electron chi connectivity index (χ1n) is 9.02. The van der Waals surface area contributed by atoms with E-state index in [4.69, 9.17) is 0 Å². The van der Waals surface area contributed by atoms with E-state index in [0.717, 1.165) is 6.42 Å². The Kier molecular flexibility index (Phi) is 6.74. The molecule has 2 aliphatic rings. The lowest BCUT2D eigenvalue weighted by Crippen LogP contribution is -2.53. The number of fused-ring (bicyclic) bond motifs is 1. The van der Waals surface area contributed by atoms with Gasteiger partial charge < -0.3 is 4.79 Å². The summed E-state index contributed by atoms with van der Waals surface area (Å²) in [6, 6.07) is 0. The molecule has 0 aromatic heterocycles. The molecular formula is C20H35ClO. The maximum atomic E-state index is 12.2. The third kappa shape index (κ3) is 3.45. The molecule has 0 heterocycles. The van der Waals surface area contributed by atoms with Crippen molar-refractivity contribution < 1.29 is 4.79 Å². The van der Waals surface area contributed by atoms with E-state index >= 15 is 0 Å². The van der Waals surface area contributed by atoms with Gasteiger partial charge in [-0.2, -0.15) is 0 Å². The quantitative estimate of drug-likeness (QED) is 0.452. The van der Waals surface area contributed by atoms with Gasteiger partial charge in [-0.15, -0.1) is 12.4 Å². The smallest absolute Gasteiger partial charge is 0.127 e. The Labute approximate surface area is 143 Å². The number of halogens is 1. The lowest BCUT2D eigenvalue weighted by atomic mass is 9.46. The zero-order valence-corrected chi connectivity index (χ0v) is 15.9. The van der Waals surface area contributed by atoms with Crippen molar-refractivity contribution >= 4 is 18.7 Å². The van der Waals surface area contributed by atoms with Crippen LogP contribution in [0.4, 0.5) is 0 Å². The summed E-state index contributed by atoms with van der Waals surface area (Å²) in [7, 11) is 0. The highest BCUT2D eigenvalue weighted by atomic mass is 35.5. The molecule has 0 N–H and O–H groups in total. The van der Waals surface area contributed by atoms with Gasteiger partial charge in [0.15, 0.2) is 0 Å². The first-order chi connectivity index (χ1) is 9.87. The molecule has 0 aliphatic heterocycles. The van der Waals surface area contributed by atoms with Gasteiger partial charge in [-0.1, -0.05) is 59.6 Å². The molecule has 2 rings (SSSR count). The second-order valence-corrected chi connectivity index (χ2v) is 8.48. The molecule has 2 heteroatoms. The van der Waals surface area contributed by atoms with Crippen molar-refractivity contribution in [2.45, 2.75) is 73.1 Å². The predicted molar refractivity (Wildman–Crippen MR) is 97.4 cm³/mol. The van der Waals surface area contributed by atoms with Crippen LogP contribution in [0.3, 0.4) is 0 Å². The molecule has 2 saturated carbocycles. The van der Waals surface area contributed by atoms with E-state index in [1.165, 1.54) is 38.4 Å². The summed E-state index contributed by atoms with van der Waals surface area (Å²) in [5.74, 6) is 2.28. The van der Waals surface area contributed by atoms with Crippen LogP contribution in [0.5, 0.6) is 0 Å². The Morgan fingerprint density at radius 2 is 1.91 bits per heavy atom. The Morgan fingerprint density at radius 3 is 2.50 bits per heavy atom. The minimum atomic E-state index is -0.0939. The third-order valence-electron chi connectivity index (χ3n) is 6.68. The topological polar surface area (TPSA) is 17.1 Å². The maximum Gasteiger partial charge on any atom is 0.127 e. The van der Waals surface area contributed by atoms with Crippen LogP contribution in [0.2, 0.25) is 0 Å². The van der Waals surface area contributed by atoms with Crippen molar-refractivity contribution in [3.63, 3.8) is 0 Å². The largest absolute Gasteiger partial charge is 0.303 e. The minimum Gasteiger partial charge on any atom is -0.303 e. The summed E-state index contributed by atoms with van der Waals surface area (Å²) in [4.78, 5) is 12.2. The number of hydrogen-bond acceptors (Lipinski definition) is 1. The Bertz CT molecular complexity index is 401. The van der Waals surface area contributed by atoms with Crippen LogP contribution in [0.15, 0.2) is 12.2 Å². The lowest BCUT2D eigenvalue weighted by Gasteiger charge is -2.57. The molecule has 0 radical (unpaired) electrons. The summed E-state index contributed by atoms with van der Waals surface area (Å²) < 4.78 is 0. The average Bonchev–Trinajstić information content (AvgIpc) is 2.45. The van der Waals surface area contributed by atoms with Gasteiger partial charge in [0, 0.05) is 5.41 Å². The van der Waals surface area contributed by atoms with Gasteiger partial charge in [-0.3, -0.25) is 0 Å². The molecule has 0 aromatic carbocycles. The van der Waals surface area contributed by atoms with Crippen LogP contribution >= 0.6 is 12.4 Å². The first-order valence-corrected chi connectivity index (χ1v) is 9.02. The zero-order chi connectivity index (χ0) is 15.7. The second kappa shape index (κ2) is 7.51. The highest BCUT2D eigenvalue weighted by molar-refractivity contribution is 5.85. The molecule has 5 atom stereocenters. The van der Waals surface area contributed by atoms with Gasteiger partial charge in [0.1, 0.15) is 6.29 Å². The Balaban J connectivity index is 0.00000242. The highest BCUT2D eigenvalue weighted by Gasteiger charge is 2.55. The van der Waals surface area contributed by atoms with Gasteiger partial charge in [0.2, 0.25) is 0 Å². The number of allylic oxidation sites excluding steroid dienone is 2. The van der Waals surface area contributed by atoms with Crippen molar-refractivity contribution in [1.82, 2.24) is 0 Å². The predicted octanol–water partition coefficient (Wildman–Crippen LogP) is 6.07. The van der Waals surface area contributed by atoms with Crippen molar-refractivity contribution in [2.24, 2.45) is 34.5 Å². The van der Waals surface area contributed by atoms with Gasteiger partial charge in [-0.25, -0.2) is 0 Å². The van der Waals surface area contributed by atoms with Gasteiger partial charge in [-0.05, 0) is 54.8 Å². The van der Waals surface area contributed by atoms with Crippen LogP contribution in [0.25, 0.3) is 0 Å². The second-order valence-electron chi connectivity index (χ2n) is 8.48. The summed E-state index contributed by atoms with van der Waals surface area (Å²) in [5, 5.41) is 0. The van der Waals surface area contributed by atoms with Crippen LogP contribution < -0.4 is 0 Å². The maximum absolute atomic E-state index is 12.2. The van der Waals surface area contributed by atoms with Crippen LogP contribution in [0, 0.1) is 34.5 Å². The van der Waals surface area contributed by atoms with E-state index in [1.807, 2.05) is 0 Å². The standard InChI is InChI=1S/C20H34O.ClH/c1-6-15(2)8-10-17-16(3)9-11-18-19(4,5)12-7-13-20(17,18)14-21;/h8,10,14-18H,6-7,9,11-13H2,1-5H3;1H/b10-8-;/t15-,16+,17+,18+,20+;/m1./s1. The van der Waals surface area contributed by atoms with E-state index in [-0.39, 0.29) is 17.8 Å². The number of hydrogen-bond donors (Lipinski definition) is 0. The molecule has 0 aromatic rings. The first kappa shape index (κ1) is 19.7. The normalized spacial score (nSPS) is 38.9. The molecule has 0 unspecified atom stereocenters. The number of carbonyl (C=O) groups excluding carboxylic acids is 1. The van der Waals surface area contributed by atoms with E-state index < -0.39 is 0 Å². The van der Waals surface area contributed by atoms with E-state index in [9.17, 15) is 4.79 Å². The van der Waals surface area contributed by atoms with Gasteiger partial charge >= 0.3 is 0 Å². The monoisotopic (exact) mass is 326 g/mol. The number of aldehydes is 1. The Morgan fingerprint density at radius 1 is 1.23 bits per heavy atom. The zero-order valence-electron chi connectivity index (χ0n) is 15.1. The fourth-order valence-corrected chi connectivity index (χ4v) is 5.16. The fraction of sp³-hybridized carbons (Fsp3) is 0.850. The highest BCUT2D eigenvalue weighted by Crippen LogP contribution is 2.60. The molecule has 2 aliphatic carbocycles. The van der Waals surface area contributed by atoms with Crippen molar-refractivity contribution in [2.75, 3.05) is 0 Å². The summed E-state index contributed by atoms with van der Waals surface area (Å²) in [6.07, 6.45) is 13.4. The van der Waals surface area contributed by atoms with Crippen molar-refractivity contribution in [1.29, 1.82) is 0 Å². The Hall–Kier alpha value is -0.300. The molecular weight excluding hydrogens is 292 g/mol. The van der Waals surface area contributed by atoms with Crippen molar-refractivity contribution in [3.05, 3.63) is 12.2 Å². The van der Waals surface area contributed by atoms with Gasteiger partial charge in [0.25, 0.3) is 0 Å². The summed E-state index contributed by atoms with van der Waals surface area (Å²) in [6.45, 7) is 11.6. The fourth-order valence-electron chi connectivity index (χ4n) is 5.16. The minimum absolute atomic E-state index is 0. The number of carbonyl (C=O) groups is 1. The molecule has 0 amide bonds. The molecule has 1 nitrogen and oxygen atoms in total. The van der Waals surface area contributed by atoms with Crippen LogP contribution in [-0.2, 0) is 4.79 Å². The molecule has 0 bridgehead atoms. The summed E-state index contributed by atoms with van der Waals surface area (Å²) >= 11 is 0. The number of rotatable bonds is 4. The van der Waals surface area contributed by atoms with E-state index in [1.54, 1.807) is 0 Å². The van der Waals surface area contributed by atoms with E-state index in [2.05, 4.69) is 46.8 Å². The molecule has 128 valence electrons. The lowest BCUT2D eigenvalue weighted by molar-refractivity contribution is -0.140. The average molecular weight is 327 g/mol. The SMILES string of the molecule is CC[C@@H](C)/C=C\[C@H]1[C@@H](C)CC[C@H]2C(C)(C)CCC[C@]12C=O.Cl. The summed E-state index contributed by atoms with van der Waals surface area (Å²) in [5.41, 5.74) is 0.227.